The fourth-order valence-corrected chi connectivity index (χ4v) is 2.07. The Morgan fingerprint density at radius 3 is 3.11 bits per heavy atom. The van der Waals surface area contributed by atoms with Crippen LogP contribution in [0.25, 0.3) is 0 Å². The third kappa shape index (κ3) is 4.42. The lowest BCUT2D eigenvalue weighted by Crippen LogP contribution is -2.24. The monoisotopic (exact) mass is 270 g/mol. The third-order valence-corrected chi connectivity index (χ3v) is 3.69. The van der Waals surface area contributed by atoms with Crippen molar-refractivity contribution in [1.82, 2.24) is 10.3 Å². The Kier molecular flexibility index (Phi) is 6.31. The van der Waals surface area contributed by atoms with Gasteiger partial charge in [-0.1, -0.05) is 18.1 Å². The van der Waals surface area contributed by atoms with E-state index in [1.807, 2.05) is 13.0 Å². The first-order chi connectivity index (χ1) is 8.69. The van der Waals surface area contributed by atoms with E-state index < -0.39 is 10.8 Å². The molecule has 7 heteroatoms. The second kappa shape index (κ2) is 7.78. The smallest absolute Gasteiger partial charge is 0.189 e. The number of nitrogens with zero attached hydrogens (tertiary/aromatic N) is 2. The van der Waals surface area contributed by atoms with E-state index in [0.29, 0.717) is 30.3 Å². The molecule has 1 heterocycles. The lowest BCUT2D eigenvalue weighted by Gasteiger charge is -2.08. The molecule has 0 spiro atoms. The van der Waals surface area contributed by atoms with Crippen molar-refractivity contribution in [3.63, 3.8) is 0 Å². The Labute approximate surface area is 109 Å². The summed E-state index contributed by atoms with van der Waals surface area (Å²) in [5.74, 6) is 1.28. The van der Waals surface area contributed by atoms with Crippen LogP contribution in [-0.2, 0) is 17.3 Å². The van der Waals surface area contributed by atoms with Crippen LogP contribution in [-0.4, -0.2) is 38.3 Å². The predicted octanol–water partition coefficient (Wildman–Crippen LogP) is 0.0343. The summed E-state index contributed by atoms with van der Waals surface area (Å²) in [6.45, 7) is 3.10. The van der Waals surface area contributed by atoms with Gasteiger partial charge in [0.2, 0.25) is 0 Å². The first-order valence-corrected chi connectivity index (χ1v) is 7.15. The number of nitrogens with one attached hydrogen (secondary N) is 1. The van der Waals surface area contributed by atoms with Gasteiger partial charge in [0, 0.05) is 41.6 Å². The molecule has 0 amide bonds. The minimum Gasteiger partial charge on any atom is -0.409 e. The van der Waals surface area contributed by atoms with Crippen LogP contribution in [0.4, 0.5) is 0 Å². The van der Waals surface area contributed by atoms with Gasteiger partial charge in [-0.25, -0.2) is 0 Å². The zero-order chi connectivity index (χ0) is 13.4. The highest BCUT2D eigenvalue weighted by Gasteiger charge is 2.07. The molecule has 0 aliphatic carbocycles. The zero-order valence-electron chi connectivity index (χ0n) is 10.3. The molecule has 1 atom stereocenters. The fraction of sp³-hybridized carbons (Fsp3) is 0.455. The molecular weight excluding hydrogens is 252 g/mol. The molecule has 18 heavy (non-hydrogen) atoms. The molecule has 1 unspecified atom stereocenters. The SMILES string of the molecule is CCS(=O)CCNCc1cccnc1/C(N)=N/O. The van der Waals surface area contributed by atoms with E-state index in [1.165, 1.54) is 0 Å². The third-order valence-electron chi connectivity index (χ3n) is 2.39. The van der Waals surface area contributed by atoms with Crippen LogP contribution in [0.3, 0.4) is 0 Å². The molecule has 1 rings (SSSR count). The summed E-state index contributed by atoms with van der Waals surface area (Å²) >= 11 is 0. The van der Waals surface area contributed by atoms with E-state index in [2.05, 4.69) is 15.5 Å². The van der Waals surface area contributed by atoms with Crippen molar-refractivity contribution in [3.05, 3.63) is 29.6 Å². The molecular formula is C11H18N4O2S. The molecule has 4 N–H and O–H groups in total. The summed E-state index contributed by atoms with van der Waals surface area (Å²) in [6, 6.07) is 3.64. The lowest BCUT2D eigenvalue weighted by atomic mass is 10.2. The van der Waals surface area contributed by atoms with Crippen LogP contribution in [0.2, 0.25) is 0 Å². The second-order valence-electron chi connectivity index (χ2n) is 3.61. The van der Waals surface area contributed by atoms with Crippen molar-refractivity contribution in [3.8, 4) is 0 Å². The van der Waals surface area contributed by atoms with Crippen molar-refractivity contribution in [2.75, 3.05) is 18.1 Å². The van der Waals surface area contributed by atoms with Crippen LogP contribution < -0.4 is 11.1 Å². The second-order valence-corrected chi connectivity index (χ2v) is 5.47. The minimum atomic E-state index is -0.767. The number of hydrogen-bond acceptors (Lipinski definition) is 5. The Balaban J connectivity index is 2.54. The van der Waals surface area contributed by atoms with Gasteiger partial charge in [-0.05, 0) is 11.6 Å². The molecule has 0 saturated heterocycles. The normalized spacial score (nSPS) is 13.5. The number of amidine groups is 1. The maximum atomic E-state index is 11.2. The topological polar surface area (TPSA) is 101 Å². The predicted molar refractivity (Wildman–Crippen MR) is 72.0 cm³/mol. The Hall–Kier alpha value is -1.47. The van der Waals surface area contributed by atoms with Crippen molar-refractivity contribution >= 4 is 16.6 Å². The van der Waals surface area contributed by atoms with Gasteiger partial charge < -0.3 is 16.3 Å². The van der Waals surface area contributed by atoms with Gasteiger partial charge in [0.25, 0.3) is 0 Å². The quantitative estimate of drug-likeness (QED) is 0.213. The molecule has 0 aliphatic rings. The number of aromatic nitrogens is 1. The van der Waals surface area contributed by atoms with E-state index in [4.69, 9.17) is 10.9 Å². The first-order valence-electron chi connectivity index (χ1n) is 5.66. The van der Waals surface area contributed by atoms with Crippen LogP contribution in [0, 0.1) is 0 Å². The molecule has 0 aliphatic heterocycles. The highest BCUT2D eigenvalue weighted by atomic mass is 32.2. The summed E-state index contributed by atoms with van der Waals surface area (Å²) < 4.78 is 11.2. The Morgan fingerprint density at radius 2 is 2.44 bits per heavy atom. The van der Waals surface area contributed by atoms with Gasteiger partial charge in [-0.15, -0.1) is 0 Å². The largest absolute Gasteiger partial charge is 0.409 e. The van der Waals surface area contributed by atoms with E-state index in [1.54, 1.807) is 12.3 Å². The number of nitrogens with two attached hydrogens (primary N) is 1. The number of oxime groups is 1. The maximum Gasteiger partial charge on any atom is 0.189 e. The molecule has 6 nitrogen and oxygen atoms in total. The van der Waals surface area contributed by atoms with E-state index in [-0.39, 0.29) is 5.84 Å². The summed E-state index contributed by atoms with van der Waals surface area (Å²) in [5.41, 5.74) is 6.83. The fourth-order valence-electron chi connectivity index (χ4n) is 1.41. The molecule has 0 fully saturated rings. The molecule has 0 bridgehead atoms. The first kappa shape index (κ1) is 14.6. The average Bonchev–Trinajstić information content (AvgIpc) is 2.42. The van der Waals surface area contributed by atoms with Gasteiger partial charge in [0.1, 0.15) is 5.69 Å². The molecule has 0 saturated carbocycles. The lowest BCUT2D eigenvalue weighted by molar-refractivity contribution is 0.318. The molecule has 100 valence electrons. The Morgan fingerprint density at radius 1 is 1.67 bits per heavy atom. The van der Waals surface area contributed by atoms with Crippen LogP contribution in [0.5, 0.6) is 0 Å². The highest BCUT2D eigenvalue weighted by molar-refractivity contribution is 7.84. The van der Waals surface area contributed by atoms with Crippen LogP contribution in [0.1, 0.15) is 18.2 Å². The van der Waals surface area contributed by atoms with E-state index >= 15 is 0 Å². The van der Waals surface area contributed by atoms with Gasteiger partial charge in [-0.3, -0.25) is 9.19 Å². The van der Waals surface area contributed by atoms with Crippen LogP contribution >= 0.6 is 0 Å². The highest BCUT2D eigenvalue weighted by Crippen LogP contribution is 2.04. The summed E-state index contributed by atoms with van der Waals surface area (Å²) in [5, 5.41) is 14.8. The molecule has 0 radical (unpaired) electrons. The summed E-state index contributed by atoms with van der Waals surface area (Å²) in [7, 11) is -0.767. The molecule has 1 aromatic rings. The molecule has 1 aromatic heterocycles. The van der Waals surface area contributed by atoms with E-state index in [0.717, 1.165) is 5.56 Å². The molecule has 0 aromatic carbocycles. The van der Waals surface area contributed by atoms with Crippen molar-refractivity contribution < 1.29 is 9.42 Å². The minimum absolute atomic E-state index is 0.00969. The maximum absolute atomic E-state index is 11.2. The van der Waals surface area contributed by atoms with Crippen molar-refractivity contribution in [2.45, 2.75) is 13.5 Å². The van der Waals surface area contributed by atoms with Crippen LogP contribution in [0.15, 0.2) is 23.5 Å². The summed E-state index contributed by atoms with van der Waals surface area (Å²) in [4.78, 5) is 4.06. The Bertz CT molecular complexity index is 437. The number of pyridine rings is 1. The zero-order valence-corrected chi connectivity index (χ0v) is 11.1. The number of rotatable bonds is 7. The van der Waals surface area contributed by atoms with Gasteiger partial charge in [0.15, 0.2) is 5.84 Å². The van der Waals surface area contributed by atoms with Gasteiger partial charge >= 0.3 is 0 Å². The standard InChI is InChI=1S/C11H18N4O2S/c1-2-18(17)7-6-13-8-9-4-3-5-14-10(9)11(12)15-16/h3-5,13,16H,2,6-8H2,1H3,(H2,12,15). The van der Waals surface area contributed by atoms with Crippen molar-refractivity contribution in [1.29, 1.82) is 0 Å². The van der Waals surface area contributed by atoms with E-state index in [9.17, 15) is 4.21 Å². The van der Waals surface area contributed by atoms with Crippen molar-refractivity contribution in [2.24, 2.45) is 10.9 Å². The average molecular weight is 270 g/mol. The van der Waals surface area contributed by atoms with Gasteiger partial charge in [0.05, 0.1) is 0 Å². The summed E-state index contributed by atoms with van der Waals surface area (Å²) in [6.07, 6.45) is 1.59. The number of hydrogen-bond donors (Lipinski definition) is 3. The van der Waals surface area contributed by atoms with Gasteiger partial charge in [-0.2, -0.15) is 0 Å².